The molecule has 1 saturated heterocycles. The van der Waals surface area contributed by atoms with Crippen LogP contribution in [-0.4, -0.2) is 27.9 Å². The van der Waals surface area contributed by atoms with Crippen LogP contribution in [0.5, 0.6) is 0 Å². The minimum atomic E-state index is -0.396. The van der Waals surface area contributed by atoms with Crippen molar-refractivity contribution < 1.29 is 9.59 Å². The number of nitrogens with one attached hydrogen (secondary N) is 1. The highest BCUT2D eigenvalue weighted by Crippen LogP contribution is 2.43. The van der Waals surface area contributed by atoms with Crippen LogP contribution >= 0.6 is 11.3 Å². The van der Waals surface area contributed by atoms with Crippen molar-refractivity contribution in [3.8, 4) is 0 Å². The summed E-state index contributed by atoms with van der Waals surface area (Å²) in [5.41, 5.74) is 1.98. The minimum Gasteiger partial charge on any atom is -0.356 e. The van der Waals surface area contributed by atoms with E-state index >= 15 is 0 Å². The molecular formula is C23H26N4O2S. The zero-order valence-electron chi connectivity index (χ0n) is 17.2. The highest BCUT2D eigenvalue weighted by atomic mass is 32.1. The first-order valence-corrected chi connectivity index (χ1v) is 11.1. The van der Waals surface area contributed by atoms with Crippen molar-refractivity contribution in [3.05, 3.63) is 70.4 Å². The smallest absolute Gasteiger partial charge is 0.228 e. The Morgan fingerprint density at radius 1 is 1.23 bits per heavy atom. The summed E-state index contributed by atoms with van der Waals surface area (Å²) in [6, 6.07) is 11.6. The molecule has 0 aliphatic carbocycles. The number of thiophene rings is 1. The molecule has 1 aliphatic rings. The van der Waals surface area contributed by atoms with E-state index < -0.39 is 5.92 Å². The van der Waals surface area contributed by atoms with Gasteiger partial charge < -0.3 is 14.8 Å². The van der Waals surface area contributed by atoms with Gasteiger partial charge in [0.25, 0.3) is 0 Å². The fourth-order valence-corrected chi connectivity index (χ4v) is 4.88. The lowest BCUT2D eigenvalue weighted by Crippen LogP contribution is -2.36. The molecule has 3 heterocycles. The first-order chi connectivity index (χ1) is 14.5. The van der Waals surface area contributed by atoms with Gasteiger partial charge in [0, 0.05) is 42.5 Å². The van der Waals surface area contributed by atoms with Gasteiger partial charge in [0.2, 0.25) is 11.8 Å². The Balaban J connectivity index is 1.47. The number of anilines is 1. The minimum absolute atomic E-state index is 0.00792. The van der Waals surface area contributed by atoms with Gasteiger partial charge in [-0.1, -0.05) is 23.8 Å². The fraction of sp³-hybridized carbons (Fsp3) is 0.348. The molecule has 0 bridgehead atoms. The Morgan fingerprint density at radius 2 is 2.03 bits per heavy atom. The second-order valence-corrected chi connectivity index (χ2v) is 8.66. The fourth-order valence-electron chi connectivity index (χ4n) is 4.00. The molecule has 2 amide bonds. The standard InChI is InChI=1S/C23H26N4O2S/c1-16-6-8-18(9-7-16)27-21(28)15-19(22(27)20-5-3-14-30-20)23(29)25-10-4-12-26-13-11-24-17(26)2/h3,5-9,11,13-14,19,22H,4,10,12,15H2,1-2H3,(H,25,29)/t19-,22+/m1/s1. The number of rotatable bonds is 7. The zero-order valence-corrected chi connectivity index (χ0v) is 18.1. The summed E-state index contributed by atoms with van der Waals surface area (Å²) in [6.45, 7) is 5.37. The van der Waals surface area contributed by atoms with Crippen LogP contribution in [0.3, 0.4) is 0 Å². The number of hydrogen-bond donors (Lipinski definition) is 1. The van der Waals surface area contributed by atoms with Crippen LogP contribution in [0.15, 0.2) is 54.2 Å². The van der Waals surface area contributed by atoms with Crippen molar-refractivity contribution in [1.82, 2.24) is 14.9 Å². The zero-order chi connectivity index (χ0) is 21.1. The summed E-state index contributed by atoms with van der Waals surface area (Å²) < 4.78 is 2.07. The predicted octanol–water partition coefficient (Wildman–Crippen LogP) is 3.86. The van der Waals surface area contributed by atoms with Gasteiger partial charge in [0.1, 0.15) is 5.82 Å². The van der Waals surface area contributed by atoms with Gasteiger partial charge >= 0.3 is 0 Å². The second-order valence-electron chi connectivity index (χ2n) is 7.68. The van der Waals surface area contributed by atoms with E-state index in [2.05, 4.69) is 14.9 Å². The van der Waals surface area contributed by atoms with Gasteiger partial charge in [0.15, 0.2) is 0 Å². The molecule has 1 fully saturated rings. The van der Waals surface area contributed by atoms with Crippen molar-refractivity contribution in [2.45, 2.75) is 39.3 Å². The molecule has 0 saturated carbocycles. The number of aromatic nitrogens is 2. The van der Waals surface area contributed by atoms with E-state index in [0.717, 1.165) is 34.9 Å². The molecule has 2 atom stereocenters. The molecule has 0 unspecified atom stereocenters. The molecule has 1 N–H and O–H groups in total. The largest absolute Gasteiger partial charge is 0.356 e. The van der Waals surface area contributed by atoms with Crippen LogP contribution in [0, 0.1) is 19.8 Å². The number of aryl methyl sites for hydroxylation is 3. The first-order valence-electron chi connectivity index (χ1n) is 10.2. The maximum atomic E-state index is 13.1. The summed E-state index contributed by atoms with van der Waals surface area (Å²) in [6.07, 6.45) is 4.76. The molecule has 2 aromatic heterocycles. The van der Waals surface area contributed by atoms with E-state index in [1.807, 2.05) is 61.8 Å². The number of carbonyl (C=O) groups excluding carboxylic acids is 2. The maximum absolute atomic E-state index is 13.1. The van der Waals surface area contributed by atoms with Gasteiger partial charge in [0.05, 0.1) is 12.0 Å². The summed E-state index contributed by atoms with van der Waals surface area (Å²) in [5, 5.41) is 5.05. The normalized spacial score (nSPS) is 18.7. The van der Waals surface area contributed by atoms with Crippen LogP contribution in [0.2, 0.25) is 0 Å². The lowest BCUT2D eigenvalue weighted by molar-refractivity contribution is -0.126. The number of hydrogen-bond acceptors (Lipinski definition) is 4. The van der Waals surface area contributed by atoms with Crippen molar-refractivity contribution >= 4 is 28.8 Å². The Kier molecular flexibility index (Phi) is 5.99. The Bertz CT molecular complexity index is 1010. The molecule has 1 aromatic carbocycles. The van der Waals surface area contributed by atoms with E-state index in [-0.39, 0.29) is 24.3 Å². The number of imidazole rings is 1. The van der Waals surface area contributed by atoms with Crippen LogP contribution in [0.4, 0.5) is 5.69 Å². The van der Waals surface area contributed by atoms with Gasteiger partial charge in [-0.15, -0.1) is 11.3 Å². The maximum Gasteiger partial charge on any atom is 0.228 e. The first kappa shape index (κ1) is 20.3. The summed E-state index contributed by atoms with van der Waals surface area (Å²) >= 11 is 1.59. The second kappa shape index (κ2) is 8.83. The lowest BCUT2D eigenvalue weighted by atomic mass is 9.97. The highest BCUT2D eigenvalue weighted by molar-refractivity contribution is 7.10. The van der Waals surface area contributed by atoms with Crippen molar-refractivity contribution in [2.75, 3.05) is 11.4 Å². The van der Waals surface area contributed by atoms with Gasteiger partial charge in [-0.05, 0) is 43.8 Å². The van der Waals surface area contributed by atoms with Crippen molar-refractivity contribution in [1.29, 1.82) is 0 Å². The monoisotopic (exact) mass is 422 g/mol. The number of benzene rings is 1. The van der Waals surface area contributed by atoms with Crippen LogP contribution in [0.1, 0.15) is 35.1 Å². The summed E-state index contributed by atoms with van der Waals surface area (Å²) in [5.74, 6) is 0.506. The van der Waals surface area contributed by atoms with Gasteiger partial charge in [-0.3, -0.25) is 9.59 Å². The Hall–Kier alpha value is -2.93. The van der Waals surface area contributed by atoms with E-state index in [0.29, 0.717) is 6.54 Å². The average Bonchev–Trinajstić information content (AvgIpc) is 3.46. The van der Waals surface area contributed by atoms with E-state index in [1.54, 1.807) is 22.4 Å². The molecule has 0 spiro atoms. The third-order valence-electron chi connectivity index (χ3n) is 5.60. The van der Waals surface area contributed by atoms with Crippen LogP contribution < -0.4 is 10.2 Å². The molecule has 0 radical (unpaired) electrons. The molecule has 30 heavy (non-hydrogen) atoms. The summed E-state index contributed by atoms with van der Waals surface area (Å²) in [4.78, 5) is 33.0. The number of amides is 2. The topological polar surface area (TPSA) is 67.2 Å². The predicted molar refractivity (Wildman–Crippen MR) is 118 cm³/mol. The molecular weight excluding hydrogens is 396 g/mol. The van der Waals surface area contributed by atoms with E-state index in [1.165, 1.54) is 0 Å². The van der Waals surface area contributed by atoms with Crippen LogP contribution in [-0.2, 0) is 16.1 Å². The van der Waals surface area contributed by atoms with Crippen molar-refractivity contribution in [3.63, 3.8) is 0 Å². The van der Waals surface area contributed by atoms with Crippen molar-refractivity contribution in [2.24, 2.45) is 5.92 Å². The molecule has 1 aliphatic heterocycles. The SMILES string of the molecule is Cc1ccc(N2C(=O)C[C@@H](C(=O)NCCCn3ccnc3C)[C@H]2c2cccs2)cc1. The highest BCUT2D eigenvalue weighted by Gasteiger charge is 2.45. The molecule has 6 nitrogen and oxygen atoms in total. The van der Waals surface area contributed by atoms with E-state index in [4.69, 9.17) is 0 Å². The Morgan fingerprint density at radius 3 is 2.70 bits per heavy atom. The quantitative estimate of drug-likeness (QED) is 0.588. The third-order valence-corrected chi connectivity index (χ3v) is 6.55. The van der Waals surface area contributed by atoms with Gasteiger partial charge in [-0.25, -0.2) is 4.98 Å². The number of carbonyl (C=O) groups is 2. The third kappa shape index (κ3) is 4.16. The molecule has 7 heteroatoms. The molecule has 3 aromatic rings. The van der Waals surface area contributed by atoms with E-state index in [9.17, 15) is 9.59 Å². The van der Waals surface area contributed by atoms with Gasteiger partial charge in [-0.2, -0.15) is 0 Å². The lowest BCUT2D eigenvalue weighted by Gasteiger charge is -2.27. The number of nitrogens with zero attached hydrogens (tertiary/aromatic N) is 3. The average molecular weight is 423 g/mol. The molecule has 4 rings (SSSR count). The van der Waals surface area contributed by atoms with Crippen LogP contribution in [0.25, 0.3) is 0 Å². The Labute approximate surface area is 180 Å². The summed E-state index contributed by atoms with van der Waals surface area (Å²) in [7, 11) is 0. The molecule has 156 valence electrons.